The van der Waals surface area contributed by atoms with Crippen molar-refractivity contribution in [3.8, 4) is 6.07 Å². The fourth-order valence-electron chi connectivity index (χ4n) is 1.95. The number of carbonyl (C=O) groups is 1. The molecule has 2 aromatic rings. The van der Waals surface area contributed by atoms with Crippen molar-refractivity contribution in [2.45, 2.75) is 0 Å². The van der Waals surface area contributed by atoms with Crippen molar-refractivity contribution in [1.29, 1.82) is 5.26 Å². The lowest BCUT2D eigenvalue weighted by Gasteiger charge is -2.08. The quantitative estimate of drug-likeness (QED) is 0.483. The molecule has 7 nitrogen and oxygen atoms in total. The first-order valence-corrected chi connectivity index (χ1v) is 6.87. The minimum Gasteiger partial charge on any atom is -0.378 e. The van der Waals surface area contributed by atoms with Crippen molar-refractivity contribution in [1.82, 2.24) is 5.32 Å². The van der Waals surface area contributed by atoms with Gasteiger partial charge in [0, 0.05) is 24.7 Å². The topological polar surface area (TPSA) is 108 Å². The maximum Gasteiger partial charge on any atom is 0.292 e. The van der Waals surface area contributed by atoms with Crippen LogP contribution >= 0.6 is 0 Å². The van der Waals surface area contributed by atoms with Gasteiger partial charge >= 0.3 is 0 Å². The van der Waals surface area contributed by atoms with E-state index in [2.05, 4.69) is 10.6 Å². The molecule has 0 fully saturated rings. The molecule has 0 aliphatic carbocycles. The molecule has 2 N–H and O–H groups in total. The highest BCUT2D eigenvalue weighted by Crippen LogP contribution is 2.22. The zero-order valence-corrected chi connectivity index (χ0v) is 12.2. The van der Waals surface area contributed by atoms with Crippen molar-refractivity contribution in [2.24, 2.45) is 0 Å². The van der Waals surface area contributed by atoms with E-state index in [4.69, 9.17) is 5.26 Å². The number of carbonyl (C=O) groups excluding carboxylic acids is 1. The average molecular weight is 310 g/mol. The number of para-hydroxylation sites is 2. The van der Waals surface area contributed by atoms with Crippen molar-refractivity contribution >= 4 is 17.3 Å². The van der Waals surface area contributed by atoms with E-state index in [1.54, 1.807) is 42.5 Å². The number of rotatable bonds is 6. The molecule has 7 heteroatoms. The van der Waals surface area contributed by atoms with Gasteiger partial charge in [-0.2, -0.15) is 5.26 Å². The molecule has 2 rings (SSSR count). The molecule has 0 radical (unpaired) electrons. The van der Waals surface area contributed by atoms with Crippen LogP contribution in [0, 0.1) is 21.4 Å². The Balaban J connectivity index is 1.84. The van der Waals surface area contributed by atoms with Crippen LogP contribution in [0.5, 0.6) is 0 Å². The number of anilines is 1. The summed E-state index contributed by atoms with van der Waals surface area (Å²) in [6, 6.07) is 14.6. The van der Waals surface area contributed by atoms with Crippen LogP contribution in [-0.4, -0.2) is 23.9 Å². The normalized spacial score (nSPS) is 9.70. The lowest BCUT2D eigenvalue weighted by molar-refractivity contribution is -0.384. The van der Waals surface area contributed by atoms with Gasteiger partial charge in [0.05, 0.1) is 16.6 Å². The average Bonchev–Trinajstić information content (AvgIpc) is 2.58. The van der Waals surface area contributed by atoms with Crippen molar-refractivity contribution in [3.63, 3.8) is 0 Å². The molecule has 0 heterocycles. The SMILES string of the molecule is N#Cc1ccc(C(=O)NCCNc2ccccc2[N+](=O)[O-])cc1. The first-order chi connectivity index (χ1) is 11.1. The molecule has 0 saturated carbocycles. The summed E-state index contributed by atoms with van der Waals surface area (Å²) in [5.41, 5.74) is 1.34. The Morgan fingerprint density at radius 1 is 1.13 bits per heavy atom. The number of nitro benzene ring substituents is 1. The zero-order valence-electron chi connectivity index (χ0n) is 12.2. The van der Waals surface area contributed by atoms with Gasteiger partial charge in [-0.25, -0.2) is 0 Å². The Morgan fingerprint density at radius 3 is 2.48 bits per heavy atom. The summed E-state index contributed by atoms with van der Waals surface area (Å²) in [6.45, 7) is 0.664. The van der Waals surface area contributed by atoms with Crippen LogP contribution in [0.2, 0.25) is 0 Å². The van der Waals surface area contributed by atoms with Crippen LogP contribution in [0.4, 0.5) is 11.4 Å². The fourth-order valence-corrected chi connectivity index (χ4v) is 1.95. The van der Waals surface area contributed by atoms with Gasteiger partial charge in [-0.3, -0.25) is 14.9 Å². The van der Waals surface area contributed by atoms with Gasteiger partial charge in [0.25, 0.3) is 11.6 Å². The maximum absolute atomic E-state index is 11.9. The molecule has 0 bridgehead atoms. The molecule has 0 aromatic heterocycles. The lowest BCUT2D eigenvalue weighted by atomic mass is 10.1. The van der Waals surface area contributed by atoms with E-state index < -0.39 is 4.92 Å². The number of benzene rings is 2. The predicted octanol–water partition coefficient (Wildman–Crippen LogP) is 2.31. The van der Waals surface area contributed by atoms with Crippen LogP contribution in [0.25, 0.3) is 0 Å². The van der Waals surface area contributed by atoms with E-state index in [9.17, 15) is 14.9 Å². The van der Waals surface area contributed by atoms with Crippen LogP contribution in [0.15, 0.2) is 48.5 Å². The molecule has 0 saturated heterocycles. The number of hydrogen-bond donors (Lipinski definition) is 2. The molecule has 2 aromatic carbocycles. The van der Waals surface area contributed by atoms with Crippen molar-refractivity contribution < 1.29 is 9.72 Å². The highest BCUT2D eigenvalue weighted by Gasteiger charge is 2.11. The van der Waals surface area contributed by atoms with E-state index in [0.29, 0.717) is 29.9 Å². The molecule has 23 heavy (non-hydrogen) atoms. The number of nitrogens with one attached hydrogen (secondary N) is 2. The Kier molecular flexibility index (Phi) is 5.25. The molecular weight excluding hydrogens is 296 g/mol. The summed E-state index contributed by atoms with van der Waals surface area (Å²) in [6.07, 6.45) is 0. The molecule has 0 aliphatic heterocycles. The number of hydrogen-bond acceptors (Lipinski definition) is 5. The molecular formula is C16H14N4O3. The second kappa shape index (κ2) is 7.56. The van der Waals surface area contributed by atoms with Crippen LogP contribution < -0.4 is 10.6 Å². The van der Waals surface area contributed by atoms with Gasteiger partial charge in [-0.05, 0) is 30.3 Å². The van der Waals surface area contributed by atoms with E-state index in [-0.39, 0.29) is 11.6 Å². The lowest BCUT2D eigenvalue weighted by Crippen LogP contribution is -2.28. The molecule has 116 valence electrons. The summed E-state index contributed by atoms with van der Waals surface area (Å²) >= 11 is 0. The first kappa shape index (κ1) is 16.0. The molecule has 0 spiro atoms. The van der Waals surface area contributed by atoms with E-state index >= 15 is 0 Å². The fraction of sp³-hybridized carbons (Fsp3) is 0.125. The maximum atomic E-state index is 11.9. The third-order valence-electron chi connectivity index (χ3n) is 3.10. The second-order valence-electron chi connectivity index (χ2n) is 4.65. The molecule has 0 atom stereocenters. The van der Waals surface area contributed by atoms with Gasteiger partial charge in [0.1, 0.15) is 5.69 Å². The third-order valence-corrected chi connectivity index (χ3v) is 3.10. The third kappa shape index (κ3) is 4.28. The van der Waals surface area contributed by atoms with Gasteiger partial charge in [-0.1, -0.05) is 12.1 Å². The standard InChI is InChI=1S/C16H14N4O3/c17-11-12-5-7-13(8-6-12)16(21)19-10-9-18-14-3-1-2-4-15(14)20(22)23/h1-8,18H,9-10H2,(H,19,21). The summed E-state index contributed by atoms with van der Waals surface area (Å²) in [4.78, 5) is 22.3. The molecule has 0 aliphatic rings. The van der Waals surface area contributed by atoms with Gasteiger partial charge in [0.15, 0.2) is 0 Å². The summed E-state index contributed by atoms with van der Waals surface area (Å²) in [5, 5.41) is 25.2. The smallest absolute Gasteiger partial charge is 0.292 e. The Labute approximate surface area is 132 Å². The van der Waals surface area contributed by atoms with Crippen molar-refractivity contribution in [2.75, 3.05) is 18.4 Å². The predicted molar refractivity (Wildman–Crippen MR) is 85.1 cm³/mol. The monoisotopic (exact) mass is 310 g/mol. The zero-order chi connectivity index (χ0) is 16.7. The second-order valence-corrected chi connectivity index (χ2v) is 4.65. The number of nitrogens with zero attached hydrogens (tertiary/aromatic N) is 2. The molecule has 0 unspecified atom stereocenters. The molecule has 1 amide bonds. The Hall–Kier alpha value is -3.40. The Morgan fingerprint density at radius 2 is 1.83 bits per heavy atom. The number of amides is 1. The van der Waals surface area contributed by atoms with Crippen LogP contribution in [-0.2, 0) is 0 Å². The summed E-state index contributed by atoms with van der Waals surface area (Å²) < 4.78 is 0. The minimum atomic E-state index is -0.461. The highest BCUT2D eigenvalue weighted by atomic mass is 16.6. The van der Waals surface area contributed by atoms with Crippen LogP contribution in [0.1, 0.15) is 15.9 Å². The van der Waals surface area contributed by atoms with Gasteiger partial charge < -0.3 is 10.6 Å². The summed E-state index contributed by atoms with van der Waals surface area (Å²) in [5.74, 6) is -0.265. The Bertz CT molecular complexity index is 751. The van der Waals surface area contributed by atoms with E-state index in [1.165, 1.54) is 6.07 Å². The van der Waals surface area contributed by atoms with E-state index in [1.807, 2.05) is 6.07 Å². The largest absolute Gasteiger partial charge is 0.378 e. The van der Waals surface area contributed by atoms with Crippen LogP contribution in [0.3, 0.4) is 0 Å². The number of nitro groups is 1. The van der Waals surface area contributed by atoms with Crippen molar-refractivity contribution in [3.05, 3.63) is 69.8 Å². The first-order valence-electron chi connectivity index (χ1n) is 6.87. The van der Waals surface area contributed by atoms with E-state index in [0.717, 1.165) is 0 Å². The summed E-state index contributed by atoms with van der Waals surface area (Å²) in [7, 11) is 0. The minimum absolute atomic E-state index is 0.00841. The van der Waals surface area contributed by atoms with Gasteiger partial charge in [0.2, 0.25) is 0 Å². The number of nitriles is 1. The highest BCUT2D eigenvalue weighted by molar-refractivity contribution is 5.94. The van der Waals surface area contributed by atoms with Gasteiger partial charge in [-0.15, -0.1) is 0 Å².